The predicted octanol–water partition coefficient (Wildman–Crippen LogP) is -5.12. The lowest BCUT2D eigenvalue weighted by Crippen LogP contribution is -2.27. The Labute approximate surface area is 206 Å². The maximum Gasteiger partial charge on any atom is 0.312 e. The molecule has 0 aliphatic heterocycles. The Bertz CT molecular complexity index is 1920. The van der Waals surface area contributed by atoms with Crippen LogP contribution in [0.15, 0.2) is 47.2 Å². The first kappa shape index (κ1) is 25.3. The van der Waals surface area contributed by atoms with Gasteiger partial charge < -0.3 is 0 Å². The maximum atomic E-state index is 10.9. The molecule has 0 radical (unpaired) electrons. The predicted molar refractivity (Wildman–Crippen MR) is 125 cm³/mol. The SMILES string of the molecule is O=c1[nH][nH]c2n[nH]nc2c1=O.O=c1[nH][nH]c2n[nH]nc2c1=O.O=c1[nH][nH]c2n[nH]nc2c1=O.c1cnnnc1. The van der Waals surface area contributed by atoms with Gasteiger partial charge in [-0.15, -0.1) is 40.8 Å². The first-order chi connectivity index (χ1) is 18.9. The number of nitrogens with one attached hydrogen (secondary N) is 9. The molecule has 0 spiro atoms. The van der Waals surface area contributed by atoms with E-state index < -0.39 is 33.0 Å². The quantitative estimate of drug-likeness (QED) is 0.0812. The largest absolute Gasteiger partial charge is 0.312 e. The summed E-state index contributed by atoms with van der Waals surface area (Å²) in [4.78, 5) is 64.7. The Kier molecular flexibility index (Phi) is 7.36. The van der Waals surface area contributed by atoms with Crippen LogP contribution in [-0.2, 0) is 0 Å². The van der Waals surface area contributed by atoms with Crippen LogP contribution in [0.4, 0.5) is 0 Å². The van der Waals surface area contributed by atoms with Crippen molar-refractivity contribution in [1.82, 2.24) is 92.2 Å². The van der Waals surface area contributed by atoms with Crippen molar-refractivity contribution >= 4 is 33.5 Å². The van der Waals surface area contributed by atoms with Crippen molar-refractivity contribution in [2.75, 3.05) is 0 Å². The number of H-pyrrole nitrogens is 9. The van der Waals surface area contributed by atoms with E-state index in [1.54, 1.807) is 18.5 Å². The Balaban J connectivity index is 0.000000123. The highest BCUT2D eigenvalue weighted by molar-refractivity contribution is 5.67. The standard InChI is InChI=1S/3C4H3N5O2.C3H3N3/c3*10-2-1-3(7-9-5-1)6-8-4(2)11;1-2-4-6-5-3-1/h3*(H,8,11)(H2,5,6,7,9,10);1-3H. The van der Waals surface area contributed by atoms with E-state index in [4.69, 9.17) is 0 Å². The summed E-state index contributed by atoms with van der Waals surface area (Å²) in [6.45, 7) is 0. The van der Waals surface area contributed by atoms with Gasteiger partial charge in [0.15, 0.2) is 33.5 Å². The molecule has 7 aromatic heterocycles. The number of fused-ring (bicyclic) bond motifs is 3. The summed E-state index contributed by atoms with van der Waals surface area (Å²) < 4.78 is 0. The van der Waals surface area contributed by atoms with Crippen molar-refractivity contribution in [2.24, 2.45) is 0 Å². The molecule has 0 saturated carbocycles. The molecule has 0 aliphatic rings. The van der Waals surface area contributed by atoms with Crippen LogP contribution in [0.25, 0.3) is 33.5 Å². The number of hydrogen-bond donors (Lipinski definition) is 9. The minimum atomic E-state index is -0.730. The van der Waals surface area contributed by atoms with Gasteiger partial charge >= 0.3 is 16.7 Å². The fourth-order valence-corrected chi connectivity index (χ4v) is 2.47. The van der Waals surface area contributed by atoms with E-state index in [-0.39, 0.29) is 33.5 Å². The van der Waals surface area contributed by atoms with Crippen molar-refractivity contribution in [2.45, 2.75) is 0 Å². The van der Waals surface area contributed by atoms with Gasteiger partial charge in [-0.1, -0.05) is 0 Å². The third-order valence-electron chi connectivity index (χ3n) is 4.20. The van der Waals surface area contributed by atoms with Gasteiger partial charge in [-0.3, -0.25) is 59.4 Å². The summed E-state index contributed by atoms with van der Waals surface area (Å²) in [5.74, 6) is 0. The van der Waals surface area contributed by atoms with Gasteiger partial charge in [0, 0.05) is 0 Å². The number of rotatable bonds is 0. The molecule has 24 heteroatoms. The third kappa shape index (κ3) is 5.74. The lowest BCUT2D eigenvalue weighted by atomic mass is 10.5. The molecule has 0 fully saturated rings. The van der Waals surface area contributed by atoms with Crippen LogP contribution in [0.2, 0.25) is 0 Å². The number of aromatic nitrogens is 18. The number of aromatic amines is 9. The maximum absolute atomic E-state index is 10.9. The van der Waals surface area contributed by atoms with Crippen LogP contribution in [0.5, 0.6) is 0 Å². The van der Waals surface area contributed by atoms with Crippen LogP contribution in [-0.4, -0.2) is 92.2 Å². The Morgan fingerprint density at radius 3 is 1.03 bits per heavy atom. The normalized spacial score (nSPS) is 10.2. The fourth-order valence-electron chi connectivity index (χ4n) is 2.47. The van der Waals surface area contributed by atoms with Gasteiger partial charge in [-0.05, 0) is 11.3 Å². The Morgan fingerprint density at radius 2 is 0.769 bits per heavy atom. The minimum absolute atomic E-state index is 0.0220. The van der Waals surface area contributed by atoms with E-state index in [1.165, 1.54) is 0 Å². The molecule has 0 atom stereocenters. The second-order valence-corrected chi connectivity index (χ2v) is 6.60. The molecule has 7 heterocycles. The summed E-state index contributed by atoms with van der Waals surface area (Å²) >= 11 is 0. The molecule has 0 unspecified atom stereocenters. The highest BCUT2D eigenvalue weighted by atomic mass is 16.2. The summed E-state index contributed by atoms with van der Waals surface area (Å²) in [6, 6.07) is 1.72. The van der Waals surface area contributed by atoms with Crippen LogP contribution in [0, 0.1) is 0 Å². The molecule has 0 amide bonds. The number of nitrogens with zero attached hydrogens (tertiary/aromatic N) is 9. The van der Waals surface area contributed by atoms with Gasteiger partial charge in [0.05, 0.1) is 12.4 Å². The van der Waals surface area contributed by atoms with E-state index in [0.717, 1.165) is 0 Å². The first-order valence-electron chi connectivity index (χ1n) is 9.99. The molecule has 7 aromatic rings. The molecule has 9 N–H and O–H groups in total. The summed E-state index contributed by atoms with van der Waals surface area (Å²) in [5.41, 5.74) is -3.45. The summed E-state index contributed by atoms with van der Waals surface area (Å²) in [7, 11) is 0. The van der Waals surface area contributed by atoms with E-state index in [0.29, 0.717) is 0 Å². The van der Waals surface area contributed by atoms with Crippen LogP contribution in [0.3, 0.4) is 0 Å². The zero-order chi connectivity index (χ0) is 27.8. The molecular formula is C15H12N18O6. The lowest BCUT2D eigenvalue weighted by molar-refractivity contribution is 0.865. The molecule has 0 aromatic carbocycles. The first-order valence-corrected chi connectivity index (χ1v) is 9.99. The highest BCUT2D eigenvalue weighted by Gasteiger charge is 2.06. The van der Waals surface area contributed by atoms with Gasteiger partial charge in [-0.25, -0.2) is 0 Å². The molecule has 7 rings (SSSR count). The van der Waals surface area contributed by atoms with E-state index in [9.17, 15) is 28.8 Å². The lowest BCUT2D eigenvalue weighted by Gasteiger charge is -1.81. The van der Waals surface area contributed by atoms with Crippen molar-refractivity contribution < 1.29 is 0 Å². The Hall–Kier alpha value is -6.75. The zero-order valence-corrected chi connectivity index (χ0v) is 18.7. The fraction of sp³-hybridized carbons (Fsp3) is 0. The van der Waals surface area contributed by atoms with Gasteiger partial charge in [0.1, 0.15) is 0 Å². The van der Waals surface area contributed by atoms with E-state index in [2.05, 4.69) is 92.2 Å². The van der Waals surface area contributed by atoms with Crippen molar-refractivity contribution in [3.05, 3.63) is 80.2 Å². The van der Waals surface area contributed by atoms with Crippen LogP contribution >= 0.6 is 0 Å². The zero-order valence-electron chi connectivity index (χ0n) is 18.7. The average molecular weight is 540 g/mol. The van der Waals surface area contributed by atoms with E-state index >= 15 is 0 Å². The minimum Gasteiger partial charge on any atom is -0.281 e. The van der Waals surface area contributed by atoms with Crippen molar-refractivity contribution in [3.63, 3.8) is 0 Å². The topological polar surface area (TPSA) is 361 Å². The molecular weight excluding hydrogens is 528 g/mol. The second kappa shape index (κ2) is 11.3. The smallest absolute Gasteiger partial charge is 0.281 e. The van der Waals surface area contributed by atoms with Crippen LogP contribution < -0.4 is 33.0 Å². The highest BCUT2D eigenvalue weighted by Crippen LogP contribution is 1.91. The van der Waals surface area contributed by atoms with Gasteiger partial charge in [-0.2, -0.15) is 15.6 Å². The Morgan fingerprint density at radius 1 is 0.436 bits per heavy atom. The van der Waals surface area contributed by atoms with Gasteiger partial charge in [0.2, 0.25) is 0 Å². The molecule has 24 nitrogen and oxygen atoms in total. The summed E-state index contributed by atoms with van der Waals surface area (Å²) in [5, 5.41) is 51.4. The van der Waals surface area contributed by atoms with Crippen LogP contribution in [0.1, 0.15) is 0 Å². The monoisotopic (exact) mass is 540 g/mol. The summed E-state index contributed by atoms with van der Waals surface area (Å²) in [6.07, 6.45) is 3.15. The average Bonchev–Trinajstić information content (AvgIpc) is 3.74. The van der Waals surface area contributed by atoms with Gasteiger partial charge in [0.25, 0.3) is 16.3 Å². The molecule has 198 valence electrons. The molecule has 0 saturated heterocycles. The molecule has 0 bridgehead atoms. The second-order valence-electron chi connectivity index (χ2n) is 6.60. The number of hydrogen-bond acceptors (Lipinski definition) is 15. The van der Waals surface area contributed by atoms with Crippen molar-refractivity contribution in [3.8, 4) is 0 Å². The van der Waals surface area contributed by atoms with Crippen molar-refractivity contribution in [1.29, 1.82) is 0 Å². The third-order valence-corrected chi connectivity index (χ3v) is 4.20. The van der Waals surface area contributed by atoms with E-state index in [1.807, 2.05) is 0 Å². The molecule has 39 heavy (non-hydrogen) atoms. The molecule has 0 aliphatic carbocycles.